The first kappa shape index (κ1) is 36.7. The van der Waals surface area contributed by atoms with Crippen LogP contribution in [0.2, 0.25) is 5.02 Å². The van der Waals surface area contributed by atoms with Crippen molar-refractivity contribution in [3.63, 3.8) is 0 Å². The van der Waals surface area contributed by atoms with Gasteiger partial charge in [-0.1, -0.05) is 23.7 Å². The number of carboxylic acids is 1. The predicted octanol–water partition coefficient (Wildman–Crippen LogP) is 3.28. The van der Waals surface area contributed by atoms with Crippen molar-refractivity contribution in [3.8, 4) is 5.69 Å². The number of carbonyl (C=O) groups is 4. The first-order chi connectivity index (χ1) is 25.6. The summed E-state index contributed by atoms with van der Waals surface area (Å²) in [5.41, 5.74) is 3.41. The molecule has 3 aromatic carbocycles. The summed E-state index contributed by atoms with van der Waals surface area (Å²) in [7, 11) is 0. The maximum absolute atomic E-state index is 13.3. The lowest BCUT2D eigenvalue weighted by atomic mass is 10.0. The van der Waals surface area contributed by atoms with Gasteiger partial charge in [-0.05, 0) is 89.8 Å². The molecule has 7 N–H and O–H groups in total. The van der Waals surface area contributed by atoms with Gasteiger partial charge >= 0.3 is 23.8 Å². The molecule has 2 aromatic heterocycles. The number of nitrogens with one attached hydrogen (secondary N) is 5. The Labute approximate surface area is 307 Å². The Kier molecular flexibility index (Phi) is 11.8. The number of benzene rings is 3. The second kappa shape index (κ2) is 17.0. The quantitative estimate of drug-likeness (QED) is 0.0866. The van der Waals surface area contributed by atoms with Crippen molar-refractivity contribution in [1.82, 2.24) is 35.4 Å². The predicted molar refractivity (Wildman–Crippen MR) is 195 cm³/mol. The number of amides is 4. The van der Waals surface area contributed by atoms with Crippen molar-refractivity contribution in [2.75, 3.05) is 48.8 Å². The average molecular weight is 745 g/mol. The number of hydrogen-bond acceptors (Lipinski definition) is 10. The second-order valence-electron chi connectivity index (χ2n) is 12.3. The molecule has 18 heteroatoms. The highest BCUT2D eigenvalue weighted by molar-refractivity contribution is 6.40. The average Bonchev–Trinajstić information content (AvgIpc) is 3.85. The van der Waals surface area contributed by atoms with Gasteiger partial charge in [-0.15, -0.1) is 5.10 Å². The van der Waals surface area contributed by atoms with Gasteiger partial charge in [0, 0.05) is 46.9 Å². The van der Waals surface area contributed by atoms with Gasteiger partial charge in [0.25, 0.3) is 0 Å². The molecule has 1 saturated heterocycles. The number of nitrogens with zero attached hydrogens (tertiary/aromatic N) is 5. The van der Waals surface area contributed by atoms with Crippen LogP contribution in [-0.4, -0.2) is 109 Å². The molecule has 1 atom stereocenters. The molecular formula is C35H37ClN10O7. The van der Waals surface area contributed by atoms with E-state index in [-0.39, 0.29) is 43.3 Å². The molecule has 3 heterocycles. The summed E-state index contributed by atoms with van der Waals surface area (Å²) in [6.45, 7) is 1.52. The number of fused-ring (bicyclic) bond motifs is 1. The molecule has 6 rings (SSSR count). The van der Waals surface area contributed by atoms with E-state index in [4.69, 9.17) is 21.4 Å². The van der Waals surface area contributed by atoms with E-state index in [1.807, 2.05) is 12.1 Å². The summed E-state index contributed by atoms with van der Waals surface area (Å²) in [5.74, 6) is -2.92. The monoisotopic (exact) mass is 744 g/mol. The van der Waals surface area contributed by atoms with E-state index in [1.165, 1.54) is 23.1 Å². The second-order valence-corrected chi connectivity index (χ2v) is 12.8. The largest absolute Gasteiger partial charge is 0.477 e. The lowest BCUT2D eigenvalue weighted by Crippen LogP contribution is -2.46. The van der Waals surface area contributed by atoms with Crippen LogP contribution in [-0.2, 0) is 20.7 Å². The molecule has 0 spiro atoms. The Morgan fingerprint density at radius 1 is 0.962 bits per heavy atom. The van der Waals surface area contributed by atoms with Crippen LogP contribution in [0.5, 0.6) is 0 Å². The number of halogens is 1. The Hall–Kier alpha value is -6.04. The van der Waals surface area contributed by atoms with E-state index >= 15 is 0 Å². The number of carbonyl (C=O) groups excluding carboxylic acids is 3. The number of ether oxygens (including phenoxy) is 1. The molecule has 276 valence electrons. The van der Waals surface area contributed by atoms with Crippen molar-refractivity contribution in [3.05, 3.63) is 89.3 Å². The lowest BCUT2D eigenvalue weighted by Gasteiger charge is -2.31. The van der Waals surface area contributed by atoms with Crippen LogP contribution in [0.3, 0.4) is 0 Å². The number of aromatic carboxylic acids is 1. The van der Waals surface area contributed by atoms with Gasteiger partial charge in [-0.2, -0.15) is 4.68 Å². The summed E-state index contributed by atoms with van der Waals surface area (Å²) in [4.78, 5) is 55.4. The highest BCUT2D eigenvalue weighted by Crippen LogP contribution is 2.24. The van der Waals surface area contributed by atoms with Gasteiger partial charge in [0.1, 0.15) is 12.0 Å². The number of urea groups is 1. The van der Waals surface area contributed by atoms with Crippen LogP contribution in [0.1, 0.15) is 28.9 Å². The molecular weight excluding hydrogens is 708 g/mol. The number of hydrogen-bond donors (Lipinski definition) is 7. The van der Waals surface area contributed by atoms with Crippen LogP contribution in [0.25, 0.3) is 16.6 Å². The first-order valence-corrected chi connectivity index (χ1v) is 17.1. The molecule has 5 aromatic rings. The number of anilines is 3. The molecule has 53 heavy (non-hydrogen) atoms. The zero-order chi connectivity index (χ0) is 37.3. The minimum absolute atomic E-state index is 0.0207. The van der Waals surface area contributed by atoms with Gasteiger partial charge in [0.2, 0.25) is 0 Å². The molecule has 1 aliphatic heterocycles. The van der Waals surface area contributed by atoms with Gasteiger partial charge in [-0.3, -0.25) is 9.59 Å². The Balaban J connectivity index is 1.12. The van der Waals surface area contributed by atoms with E-state index in [1.54, 1.807) is 47.4 Å². The molecule has 0 aliphatic carbocycles. The van der Waals surface area contributed by atoms with E-state index in [9.17, 15) is 24.3 Å². The third-order valence-electron chi connectivity index (χ3n) is 8.61. The Morgan fingerprint density at radius 3 is 2.45 bits per heavy atom. The van der Waals surface area contributed by atoms with Gasteiger partial charge < -0.3 is 46.1 Å². The van der Waals surface area contributed by atoms with Crippen LogP contribution in [0, 0.1) is 0 Å². The van der Waals surface area contributed by atoms with E-state index in [0.29, 0.717) is 65.3 Å². The molecule has 1 fully saturated rings. The number of carboxylic acid groups (broad SMARTS) is 1. The van der Waals surface area contributed by atoms with Crippen molar-refractivity contribution in [2.24, 2.45) is 0 Å². The van der Waals surface area contributed by atoms with Crippen LogP contribution >= 0.6 is 11.6 Å². The van der Waals surface area contributed by atoms with Crippen LogP contribution in [0.15, 0.2) is 73.1 Å². The summed E-state index contributed by atoms with van der Waals surface area (Å²) in [6, 6.07) is 17.9. The molecule has 17 nitrogen and oxygen atoms in total. The molecule has 0 bridgehead atoms. The van der Waals surface area contributed by atoms with Crippen LogP contribution < -0.4 is 21.3 Å². The molecule has 0 saturated carbocycles. The zero-order valence-electron chi connectivity index (χ0n) is 28.3. The van der Waals surface area contributed by atoms with E-state index in [2.05, 4.69) is 41.8 Å². The van der Waals surface area contributed by atoms with Gasteiger partial charge in [0.05, 0.1) is 36.7 Å². The number of piperidine rings is 1. The first-order valence-electron chi connectivity index (χ1n) is 16.8. The fraction of sp³-hybridized carbons (Fsp3) is 0.286. The zero-order valence-corrected chi connectivity index (χ0v) is 29.0. The summed E-state index contributed by atoms with van der Waals surface area (Å²) in [5, 5.41) is 42.0. The smallest absolute Gasteiger partial charge is 0.352 e. The number of aliphatic hydroxyl groups excluding tert-OH is 1. The highest BCUT2D eigenvalue weighted by atomic mass is 35.5. The number of rotatable bonds is 13. The maximum Gasteiger partial charge on any atom is 0.352 e. The lowest BCUT2D eigenvalue weighted by molar-refractivity contribution is -0.136. The summed E-state index contributed by atoms with van der Waals surface area (Å²) >= 11 is 6.18. The number of H-pyrrole nitrogens is 1. The summed E-state index contributed by atoms with van der Waals surface area (Å²) in [6.07, 6.45) is 3.04. The number of aromatic amines is 1. The fourth-order valence-corrected chi connectivity index (χ4v) is 6.11. The normalized spacial score (nSPS) is 13.7. The molecule has 4 amide bonds. The van der Waals surface area contributed by atoms with E-state index < -0.39 is 23.8 Å². The van der Waals surface area contributed by atoms with Crippen molar-refractivity contribution < 1.29 is 34.1 Å². The molecule has 1 aliphatic rings. The minimum Gasteiger partial charge on any atom is -0.477 e. The highest BCUT2D eigenvalue weighted by Gasteiger charge is 2.24. The Bertz CT molecular complexity index is 2070. The van der Waals surface area contributed by atoms with Gasteiger partial charge in [0.15, 0.2) is 0 Å². The third kappa shape index (κ3) is 9.65. The number of aliphatic hydroxyl groups is 1. The topological polar surface area (TPSA) is 229 Å². The maximum atomic E-state index is 13.3. The number of likely N-dealkylation sites (tertiary alicyclic amines) is 1. The SMILES string of the molecule is O=C(Nc1cc(Cl)ccc1-n1cnnn1)C(=O)N[C@H](CNc1ccc2[nH]c(C(=O)O)cc2c1)Cc1ccc(NC(=O)N2CCC(OCCO)CC2)cc1. The summed E-state index contributed by atoms with van der Waals surface area (Å²) < 4.78 is 6.90. The minimum atomic E-state index is -1.07. The fourth-order valence-electron chi connectivity index (χ4n) is 5.94. The third-order valence-corrected chi connectivity index (χ3v) is 8.84. The van der Waals surface area contributed by atoms with Crippen molar-refractivity contribution >= 4 is 63.4 Å². The molecule has 0 unspecified atom stereocenters. The number of tetrazole rings is 1. The number of aromatic nitrogens is 5. The Morgan fingerprint density at radius 2 is 1.74 bits per heavy atom. The van der Waals surface area contributed by atoms with Gasteiger partial charge in [-0.25, -0.2) is 9.59 Å². The standard InChI is InChI=1S/C35H37ClN10O7/c36-23-3-8-31(46-20-38-43-44-46)29(18-23)42-33(49)32(48)39-26(19-37-25-6-7-28-22(16-25)17-30(41-28)34(50)51)15-21-1-4-24(5-2-21)40-35(52)45-11-9-27(10-12-45)53-14-13-47/h1-8,16-18,20,26-27,37,41,47H,9-15,19H2,(H,39,48)(H,40,52)(H,42,49)(H,50,51)/t26-/m0/s1. The van der Waals surface area contributed by atoms with Crippen molar-refractivity contribution in [2.45, 2.75) is 31.4 Å². The van der Waals surface area contributed by atoms with Crippen LogP contribution in [0.4, 0.5) is 21.9 Å². The van der Waals surface area contributed by atoms with Crippen molar-refractivity contribution in [1.29, 1.82) is 0 Å². The molecule has 0 radical (unpaired) electrons. The van der Waals surface area contributed by atoms with E-state index in [0.717, 1.165) is 5.56 Å².